The lowest BCUT2D eigenvalue weighted by Gasteiger charge is -2.36. The summed E-state index contributed by atoms with van der Waals surface area (Å²) in [6.07, 6.45) is 6.19. The largest absolute Gasteiger partial charge is 0.465 e. The molecule has 0 bridgehead atoms. The molecule has 1 spiro atoms. The minimum Gasteiger partial charge on any atom is -0.465 e. The predicted octanol–water partition coefficient (Wildman–Crippen LogP) is 4.34. The Hall–Kier alpha value is -2.08. The number of fused-ring (bicyclic) bond motifs is 4. The molecular weight excluding hydrogens is 384 g/mol. The van der Waals surface area contributed by atoms with E-state index < -0.39 is 0 Å². The first-order valence-electron chi connectivity index (χ1n) is 10.6. The van der Waals surface area contributed by atoms with E-state index in [1.807, 2.05) is 6.07 Å². The minimum atomic E-state index is -0.278. The first-order valence-corrected chi connectivity index (χ1v) is 11.6. The van der Waals surface area contributed by atoms with Crippen molar-refractivity contribution in [3.8, 4) is 11.3 Å². The van der Waals surface area contributed by atoms with Crippen LogP contribution in [0.25, 0.3) is 11.3 Å². The van der Waals surface area contributed by atoms with Crippen LogP contribution < -0.4 is 5.56 Å². The first kappa shape index (κ1) is 20.2. The van der Waals surface area contributed by atoms with Gasteiger partial charge in [0.05, 0.1) is 23.6 Å². The van der Waals surface area contributed by atoms with Crippen molar-refractivity contribution in [1.29, 1.82) is 0 Å². The van der Waals surface area contributed by atoms with E-state index in [9.17, 15) is 9.59 Å². The van der Waals surface area contributed by atoms with Gasteiger partial charge in [-0.25, -0.2) is 4.98 Å². The molecule has 6 heteroatoms. The molecule has 0 aliphatic heterocycles. The van der Waals surface area contributed by atoms with Gasteiger partial charge in [-0.15, -0.1) is 0 Å². The molecule has 0 atom stereocenters. The number of carbonyl (C=O) groups excluding carboxylic acids is 1. The number of hydrogen-bond acceptors (Lipinski definition) is 5. The van der Waals surface area contributed by atoms with Gasteiger partial charge in [-0.3, -0.25) is 14.2 Å². The van der Waals surface area contributed by atoms with Crippen molar-refractivity contribution in [1.82, 2.24) is 9.55 Å². The number of rotatable bonds is 6. The normalized spacial score (nSPS) is 16.5. The van der Waals surface area contributed by atoms with Gasteiger partial charge in [0.2, 0.25) is 0 Å². The Bertz CT molecular complexity index is 977. The zero-order chi connectivity index (χ0) is 20.4. The van der Waals surface area contributed by atoms with Crippen LogP contribution in [-0.4, -0.2) is 27.9 Å². The van der Waals surface area contributed by atoms with Crippen LogP contribution in [0.4, 0.5) is 0 Å². The van der Waals surface area contributed by atoms with Gasteiger partial charge in [-0.2, -0.15) is 0 Å². The molecule has 0 saturated heterocycles. The number of benzene rings is 1. The van der Waals surface area contributed by atoms with Gasteiger partial charge in [0, 0.05) is 17.5 Å². The molecule has 29 heavy (non-hydrogen) atoms. The van der Waals surface area contributed by atoms with E-state index >= 15 is 0 Å². The van der Waals surface area contributed by atoms with Crippen molar-refractivity contribution < 1.29 is 9.53 Å². The van der Waals surface area contributed by atoms with Gasteiger partial charge in [-0.05, 0) is 38.2 Å². The fourth-order valence-electron chi connectivity index (χ4n) is 4.90. The average Bonchev–Trinajstić information content (AvgIpc) is 3.17. The van der Waals surface area contributed by atoms with Crippen molar-refractivity contribution in [3.05, 3.63) is 45.7 Å². The van der Waals surface area contributed by atoms with E-state index in [-0.39, 0.29) is 22.7 Å². The van der Waals surface area contributed by atoms with Gasteiger partial charge >= 0.3 is 5.97 Å². The highest BCUT2D eigenvalue weighted by Crippen LogP contribution is 2.49. The number of thioether (sulfide) groups is 1. The lowest BCUT2D eigenvalue weighted by atomic mass is 9.68. The molecule has 1 saturated carbocycles. The first-order chi connectivity index (χ1) is 14.1. The summed E-state index contributed by atoms with van der Waals surface area (Å²) in [5.74, 6) is -0.115. The van der Waals surface area contributed by atoms with Crippen LogP contribution in [0.3, 0.4) is 0 Å². The topological polar surface area (TPSA) is 61.2 Å². The smallest absolute Gasteiger partial charge is 0.316 e. The van der Waals surface area contributed by atoms with Crippen LogP contribution in [0.2, 0.25) is 0 Å². The molecule has 2 aromatic rings. The van der Waals surface area contributed by atoms with Crippen LogP contribution >= 0.6 is 11.8 Å². The van der Waals surface area contributed by atoms with Crippen molar-refractivity contribution in [3.63, 3.8) is 0 Å². The van der Waals surface area contributed by atoms with Crippen molar-refractivity contribution in [2.75, 3.05) is 12.4 Å². The third-order valence-corrected chi connectivity index (χ3v) is 7.05. The average molecular weight is 413 g/mol. The van der Waals surface area contributed by atoms with Crippen molar-refractivity contribution in [2.24, 2.45) is 0 Å². The summed E-state index contributed by atoms with van der Waals surface area (Å²) in [4.78, 5) is 30.7. The summed E-state index contributed by atoms with van der Waals surface area (Å²) in [6.45, 7) is 4.83. The molecule has 5 nitrogen and oxygen atoms in total. The second-order valence-corrected chi connectivity index (χ2v) is 8.93. The molecule has 1 heterocycles. The molecule has 154 valence electrons. The minimum absolute atomic E-state index is 0.0830. The SMILES string of the molecule is CCCn1c(SCC(=O)OCC)nc2c(c1=O)C1(CCCC1)Cc1ccccc1-2. The van der Waals surface area contributed by atoms with Gasteiger partial charge in [0.15, 0.2) is 5.16 Å². The standard InChI is InChI=1S/C23H28N2O3S/c1-3-13-25-21(27)19-20(24-22(25)29-15-18(26)28-4-2)17-10-6-5-9-16(17)14-23(19)11-7-8-12-23/h5-6,9-10H,3-4,7-8,11-15H2,1-2H3. The van der Waals surface area contributed by atoms with Crippen molar-refractivity contribution >= 4 is 17.7 Å². The Morgan fingerprint density at radius 1 is 1.24 bits per heavy atom. The molecule has 0 radical (unpaired) electrons. The number of ether oxygens (including phenoxy) is 1. The quantitative estimate of drug-likeness (QED) is 0.401. The fraction of sp³-hybridized carbons (Fsp3) is 0.522. The molecule has 1 aromatic carbocycles. The van der Waals surface area contributed by atoms with Crippen LogP contribution in [0.5, 0.6) is 0 Å². The van der Waals surface area contributed by atoms with Crippen LogP contribution in [0.15, 0.2) is 34.2 Å². The summed E-state index contributed by atoms with van der Waals surface area (Å²) < 4.78 is 6.85. The Balaban J connectivity index is 1.87. The number of nitrogens with zero attached hydrogens (tertiary/aromatic N) is 2. The van der Waals surface area contributed by atoms with Crippen LogP contribution in [0, 0.1) is 0 Å². The molecular formula is C23H28N2O3S. The summed E-state index contributed by atoms with van der Waals surface area (Å²) in [5, 5.41) is 0.619. The van der Waals surface area contributed by atoms with Crippen molar-refractivity contribution in [2.45, 2.75) is 69.5 Å². The second-order valence-electron chi connectivity index (χ2n) is 7.99. The Kier molecular flexibility index (Phi) is 5.81. The van der Waals surface area contributed by atoms with Gasteiger partial charge in [-0.1, -0.05) is 55.8 Å². The van der Waals surface area contributed by atoms with E-state index in [2.05, 4.69) is 25.1 Å². The molecule has 0 amide bonds. The zero-order valence-corrected chi connectivity index (χ0v) is 18.0. The highest BCUT2D eigenvalue weighted by atomic mass is 32.2. The number of hydrogen-bond donors (Lipinski definition) is 0. The Morgan fingerprint density at radius 2 is 2.00 bits per heavy atom. The molecule has 0 N–H and O–H groups in total. The maximum absolute atomic E-state index is 13.8. The Labute approximate surface area is 175 Å². The summed E-state index contributed by atoms with van der Waals surface area (Å²) in [7, 11) is 0. The summed E-state index contributed by atoms with van der Waals surface area (Å²) >= 11 is 1.30. The third-order valence-electron chi connectivity index (χ3n) is 6.10. The second kappa shape index (κ2) is 8.34. The Morgan fingerprint density at radius 3 is 2.72 bits per heavy atom. The van der Waals surface area contributed by atoms with Gasteiger partial charge in [0.1, 0.15) is 0 Å². The fourth-order valence-corrected chi connectivity index (χ4v) is 5.72. The molecule has 1 fully saturated rings. The van der Waals surface area contributed by atoms with Gasteiger partial charge < -0.3 is 4.74 Å². The monoisotopic (exact) mass is 412 g/mol. The molecule has 2 aliphatic carbocycles. The number of aromatic nitrogens is 2. The highest BCUT2D eigenvalue weighted by Gasteiger charge is 2.44. The van der Waals surface area contributed by atoms with Crippen LogP contribution in [-0.2, 0) is 27.9 Å². The highest BCUT2D eigenvalue weighted by molar-refractivity contribution is 7.99. The zero-order valence-electron chi connectivity index (χ0n) is 17.2. The molecule has 4 rings (SSSR count). The maximum Gasteiger partial charge on any atom is 0.316 e. The summed E-state index contributed by atoms with van der Waals surface area (Å²) in [5.41, 5.74) is 4.08. The number of esters is 1. The molecule has 1 aromatic heterocycles. The lowest BCUT2D eigenvalue weighted by Crippen LogP contribution is -2.40. The van der Waals surface area contributed by atoms with E-state index in [1.54, 1.807) is 11.5 Å². The molecule has 0 unspecified atom stereocenters. The molecule has 2 aliphatic rings. The van der Waals surface area contributed by atoms with Gasteiger partial charge in [0.25, 0.3) is 5.56 Å². The van der Waals surface area contributed by atoms with Crippen LogP contribution in [0.1, 0.15) is 57.1 Å². The third kappa shape index (κ3) is 3.63. The van der Waals surface area contributed by atoms with E-state index in [0.717, 1.165) is 55.3 Å². The van der Waals surface area contributed by atoms with E-state index in [4.69, 9.17) is 9.72 Å². The van der Waals surface area contributed by atoms with E-state index in [1.165, 1.54) is 17.3 Å². The van der Waals surface area contributed by atoms with E-state index in [0.29, 0.717) is 18.3 Å². The number of carbonyl (C=O) groups is 1. The maximum atomic E-state index is 13.8. The summed E-state index contributed by atoms with van der Waals surface area (Å²) in [6, 6.07) is 8.33. The predicted molar refractivity (Wildman–Crippen MR) is 115 cm³/mol. The lowest BCUT2D eigenvalue weighted by molar-refractivity contribution is -0.139.